The number of aliphatic hydroxyl groups is 2. The molecular weight excluding hydrogens is 625 g/mol. The van der Waals surface area contributed by atoms with E-state index in [0.29, 0.717) is 12.8 Å². The first-order valence-electron chi connectivity index (χ1n) is 17.8. The zero-order valence-electron chi connectivity index (χ0n) is 29.6. The van der Waals surface area contributed by atoms with Crippen molar-refractivity contribution in [3.05, 3.63) is 121 Å². The van der Waals surface area contributed by atoms with Gasteiger partial charge in [-0.1, -0.05) is 163 Å². The number of rotatable bonds is 8. The van der Waals surface area contributed by atoms with Gasteiger partial charge in [-0.25, -0.2) is 0 Å². The fraction of sp³-hybridized carbons (Fsp3) is 0.429. The highest BCUT2D eigenvalue weighted by molar-refractivity contribution is 7.00. The van der Waals surface area contributed by atoms with E-state index in [4.69, 9.17) is 8.85 Å². The molecule has 2 N–H and O–H groups in total. The van der Waals surface area contributed by atoms with Crippen LogP contribution in [0.5, 0.6) is 0 Å². The lowest BCUT2D eigenvalue weighted by Gasteiger charge is -2.54. The maximum absolute atomic E-state index is 10.9. The standard InChI is InChI=1S/C42H54O4Si2/c1-41(2,3)47(33-19-11-7-12-20-33,34-21-13-8-14-22-34)45-39-29-31-27-37(43)38(44)28-32(31)30-40(39)46-48(42(4,5)6,35-23-15-9-16-24-35)36-25-17-10-18-26-36/h7-26,31-32,37-40,43-44H,27-30H2,1-6H3/t31-,32+,37-,38-,39+,40+/m1/s1. The van der Waals surface area contributed by atoms with Crippen LogP contribution < -0.4 is 20.7 Å². The van der Waals surface area contributed by atoms with Crippen molar-refractivity contribution < 1.29 is 19.1 Å². The van der Waals surface area contributed by atoms with Crippen LogP contribution >= 0.6 is 0 Å². The Morgan fingerprint density at radius 2 is 0.688 bits per heavy atom. The van der Waals surface area contributed by atoms with Gasteiger partial charge in [0.25, 0.3) is 16.6 Å². The first-order chi connectivity index (χ1) is 22.9. The molecular formula is C42H54O4Si2. The molecule has 0 amide bonds. The minimum Gasteiger partial charge on any atom is -0.402 e. The third-order valence-electron chi connectivity index (χ3n) is 11.2. The van der Waals surface area contributed by atoms with Crippen molar-refractivity contribution in [3.8, 4) is 0 Å². The summed E-state index contributed by atoms with van der Waals surface area (Å²) in [4.78, 5) is 0. The van der Waals surface area contributed by atoms with Gasteiger partial charge in [0, 0.05) is 0 Å². The van der Waals surface area contributed by atoms with Gasteiger partial charge in [0.2, 0.25) is 0 Å². The Balaban J connectivity index is 1.54. The number of fused-ring (bicyclic) bond motifs is 1. The largest absolute Gasteiger partial charge is 0.402 e. The molecule has 2 saturated carbocycles. The molecule has 254 valence electrons. The minimum absolute atomic E-state index is 0.184. The van der Waals surface area contributed by atoms with Gasteiger partial charge < -0.3 is 19.1 Å². The molecule has 0 radical (unpaired) electrons. The second-order valence-electron chi connectivity index (χ2n) is 16.2. The molecule has 2 aliphatic rings. The van der Waals surface area contributed by atoms with Crippen LogP contribution in [0.3, 0.4) is 0 Å². The molecule has 0 unspecified atom stereocenters. The number of aliphatic hydroxyl groups excluding tert-OH is 2. The van der Waals surface area contributed by atoms with Crippen LogP contribution in [-0.4, -0.2) is 51.3 Å². The van der Waals surface area contributed by atoms with Crippen LogP contribution in [0.4, 0.5) is 0 Å². The SMILES string of the molecule is CC(C)(C)[Si](O[C@H]1C[C@H]2C[C@@H](O)[C@H](O)C[C@H]2C[C@@H]1O[Si](c1ccccc1)(c1ccccc1)C(C)(C)C)(c1ccccc1)c1ccccc1. The highest BCUT2D eigenvalue weighted by atomic mass is 28.4. The predicted molar refractivity (Wildman–Crippen MR) is 202 cm³/mol. The zero-order chi connectivity index (χ0) is 34.2. The average Bonchev–Trinajstić information content (AvgIpc) is 3.07. The molecule has 0 aliphatic heterocycles. The van der Waals surface area contributed by atoms with E-state index in [2.05, 4.69) is 163 Å². The second kappa shape index (κ2) is 13.8. The minimum atomic E-state index is -2.92. The molecule has 6 rings (SSSR count). The van der Waals surface area contributed by atoms with Crippen LogP contribution in [0.2, 0.25) is 10.1 Å². The van der Waals surface area contributed by atoms with Crippen LogP contribution in [-0.2, 0) is 8.85 Å². The topological polar surface area (TPSA) is 58.9 Å². The monoisotopic (exact) mass is 678 g/mol. The van der Waals surface area contributed by atoms with Gasteiger partial charge in [0.15, 0.2) is 0 Å². The Morgan fingerprint density at radius 1 is 0.438 bits per heavy atom. The number of hydrogen-bond donors (Lipinski definition) is 2. The summed E-state index contributed by atoms with van der Waals surface area (Å²) in [5.41, 5.74) is 0. The van der Waals surface area contributed by atoms with Crippen LogP contribution in [0.25, 0.3) is 0 Å². The van der Waals surface area contributed by atoms with Crippen molar-refractivity contribution in [2.24, 2.45) is 11.8 Å². The van der Waals surface area contributed by atoms with E-state index in [0.717, 1.165) is 12.8 Å². The molecule has 0 spiro atoms. The maximum atomic E-state index is 10.9. The molecule has 6 atom stereocenters. The fourth-order valence-corrected chi connectivity index (χ4v) is 18.3. The Kier molecular flexibility index (Phi) is 10.1. The zero-order valence-corrected chi connectivity index (χ0v) is 31.6. The number of benzene rings is 4. The molecule has 0 heterocycles. The van der Waals surface area contributed by atoms with E-state index >= 15 is 0 Å². The predicted octanol–water partition coefficient (Wildman–Crippen LogP) is 6.42. The van der Waals surface area contributed by atoms with E-state index in [1.807, 2.05) is 0 Å². The summed E-state index contributed by atoms with van der Waals surface area (Å²) >= 11 is 0. The fourth-order valence-electron chi connectivity index (χ4n) is 8.88. The van der Waals surface area contributed by atoms with Crippen molar-refractivity contribution in [3.63, 3.8) is 0 Å². The lowest BCUT2D eigenvalue weighted by molar-refractivity contribution is -0.0978. The van der Waals surface area contributed by atoms with E-state index in [-0.39, 0.29) is 34.1 Å². The molecule has 4 nitrogen and oxygen atoms in total. The van der Waals surface area contributed by atoms with Gasteiger partial charge in [-0.2, -0.15) is 0 Å². The summed E-state index contributed by atoms with van der Waals surface area (Å²) in [6, 6.07) is 43.5. The van der Waals surface area contributed by atoms with Crippen molar-refractivity contribution >= 4 is 37.4 Å². The second-order valence-corrected chi connectivity index (χ2v) is 24.7. The first-order valence-corrected chi connectivity index (χ1v) is 21.6. The Labute approximate surface area is 290 Å². The van der Waals surface area contributed by atoms with Crippen LogP contribution in [0, 0.1) is 11.8 Å². The van der Waals surface area contributed by atoms with Gasteiger partial charge >= 0.3 is 0 Å². The lowest BCUT2D eigenvalue weighted by atomic mass is 9.67. The molecule has 6 heteroatoms. The van der Waals surface area contributed by atoms with E-state index in [9.17, 15) is 10.2 Å². The van der Waals surface area contributed by atoms with Gasteiger partial charge in [0.1, 0.15) is 0 Å². The maximum Gasteiger partial charge on any atom is 0.261 e. The first kappa shape index (κ1) is 35.0. The molecule has 0 saturated heterocycles. The third kappa shape index (κ3) is 6.44. The summed E-state index contributed by atoms with van der Waals surface area (Å²) in [7, 11) is -5.84. The smallest absolute Gasteiger partial charge is 0.261 e. The Hall–Kier alpha value is -2.85. The van der Waals surface area contributed by atoms with Gasteiger partial charge in [-0.15, -0.1) is 0 Å². The normalized spacial score (nSPS) is 25.3. The van der Waals surface area contributed by atoms with Gasteiger partial charge in [0.05, 0.1) is 24.4 Å². The summed E-state index contributed by atoms with van der Waals surface area (Å²) in [6.07, 6.45) is 0.992. The summed E-state index contributed by atoms with van der Waals surface area (Å²) < 4.78 is 15.9. The van der Waals surface area contributed by atoms with E-state index in [1.165, 1.54) is 20.7 Å². The quantitative estimate of drug-likeness (QED) is 0.211. The lowest BCUT2D eigenvalue weighted by Crippen LogP contribution is -2.72. The van der Waals surface area contributed by atoms with Crippen molar-refractivity contribution in [1.82, 2.24) is 0 Å². The average molecular weight is 679 g/mol. The molecule has 4 aromatic carbocycles. The van der Waals surface area contributed by atoms with Gasteiger partial charge in [-0.3, -0.25) is 0 Å². The molecule has 0 bridgehead atoms. The molecule has 4 aromatic rings. The van der Waals surface area contributed by atoms with Crippen molar-refractivity contribution in [2.45, 2.75) is 102 Å². The van der Waals surface area contributed by atoms with Crippen molar-refractivity contribution in [1.29, 1.82) is 0 Å². The van der Waals surface area contributed by atoms with Crippen LogP contribution in [0.15, 0.2) is 121 Å². The summed E-state index contributed by atoms with van der Waals surface area (Å²) in [5.74, 6) is 0.510. The molecule has 48 heavy (non-hydrogen) atoms. The van der Waals surface area contributed by atoms with E-state index in [1.54, 1.807) is 0 Å². The molecule has 2 aliphatic carbocycles. The summed E-state index contributed by atoms with van der Waals surface area (Å²) in [6.45, 7) is 14.0. The Bertz CT molecular complexity index is 1400. The molecule has 2 fully saturated rings. The Morgan fingerprint density at radius 3 is 0.917 bits per heavy atom. The van der Waals surface area contributed by atoms with Crippen LogP contribution in [0.1, 0.15) is 67.2 Å². The van der Waals surface area contributed by atoms with Gasteiger partial charge in [-0.05, 0) is 68.3 Å². The number of hydrogen-bond acceptors (Lipinski definition) is 4. The third-order valence-corrected chi connectivity index (χ3v) is 21.3. The molecule has 0 aromatic heterocycles. The van der Waals surface area contributed by atoms with Crippen molar-refractivity contribution in [2.75, 3.05) is 0 Å². The summed E-state index contributed by atoms with van der Waals surface area (Å²) in [5, 5.41) is 26.4. The van der Waals surface area contributed by atoms with E-state index < -0.39 is 28.8 Å². The highest BCUT2D eigenvalue weighted by Gasteiger charge is 2.57. The highest BCUT2D eigenvalue weighted by Crippen LogP contribution is 2.48.